The standard InChI is InChI=1S/C19H27N3O/c1-5-17(6-2)23-18-9-7-8-16(12-18)20-13-15-10-11-19(21-14-15)22(3)4/h7-12,14,17,20H,5-6,13H2,1-4H3. The van der Waals surface area contributed by atoms with Gasteiger partial charge < -0.3 is 15.0 Å². The highest BCUT2D eigenvalue weighted by atomic mass is 16.5. The van der Waals surface area contributed by atoms with Crippen LogP contribution in [0.25, 0.3) is 0 Å². The van der Waals surface area contributed by atoms with Gasteiger partial charge in [0.2, 0.25) is 0 Å². The molecule has 1 aromatic carbocycles. The molecule has 1 heterocycles. The first-order valence-electron chi connectivity index (χ1n) is 8.25. The Balaban J connectivity index is 1.95. The Morgan fingerprint density at radius 1 is 1.13 bits per heavy atom. The molecular weight excluding hydrogens is 286 g/mol. The van der Waals surface area contributed by atoms with Crippen molar-refractivity contribution >= 4 is 11.5 Å². The molecule has 0 amide bonds. The van der Waals surface area contributed by atoms with E-state index in [1.807, 2.05) is 43.4 Å². The van der Waals surface area contributed by atoms with E-state index in [1.54, 1.807) is 0 Å². The lowest BCUT2D eigenvalue weighted by atomic mass is 10.2. The highest BCUT2D eigenvalue weighted by Crippen LogP contribution is 2.21. The Kier molecular flexibility index (Phi) is 6.27. The van der Waals surface area contributed by atoms with Crippen LogP contribution in [0.3, 0.4) is 0 Å². The molecule has 0 spiro atoms. The maximum atomic E-state index is 5.99. The Labute approximate surface area is 139 Å². The number of benzene rings is 1. The third-order valence-electron chi connectivity index (χ3n) is 3.81. The molecule has 2 aromatic rings. The van der Waals surface area contributed by atoms with Gasteiger partial charge in [-0.1, -0.05) is 26.0 Å². The first kappa shape index (κ1) is 17.1. The monoisotopic (exact) mass is 313 g/mol. The number of ether oxygens (including phenoxy) is 1. The average molecular weight is 313 g/mol. The molecular formula is C19H27N3O. The molecule has 0 bridgehead atoms. The van der Waals surface area contributed by atoms with Gasteiger partial charge in [-0.2, -0.15) is 0 Å². The fourth-order valence-electron chi connectivity index (χ4n) is 2.32. The van der Waals surface area contributed by atoms with Crippen LogP contribution in [-0.4, -0.2) is 25.2 Å². The van der Waals surface area contributed by atoms with Crippen molar-refractivity contribution in [1.29, 1.82) is 0 Å². The van der Waals surface area contributed by atoms with E-state index < -0.39 is 0 Å². The molecule has 0 atom stereocenters. The second-order valence-electron chi connectivity index (χ2n) is 5.86. The van der Waals surface area contributed by atoms with Gasteiger partial charge in [-0.05, 0) is 36.6 Å². The molecule has 4 heteroatoms. The van der Waals surface area contributed by atoms with E-state index in [0.29, 0.717) is 0 Å². The van der Waals surface area contributed by atoms with Crippen LogP contribution in [0.15, 0.2) is 42.6 Å². The molecule has 0 saturated carbocycles. The van der Waals surface area contributed by atoms with Crippen LogP contribution < -0.4 is 15.0 Å². The Morgan fingerprint density at radius 3 is 2.52 bits per heavy atom. The van der Waals surface area contributed by atoms with E-state index in [-0.39, 0.29) is 6.10 Å². The van der Waals surface area contributed by atoms with Gasteiger partial charge in [0, 0.05) is 38.6 Å². The number of hydrogen-bond acceptors (Lipinski definition) is 4. The Hall–Kier alpha value is -2.23. The molecule has 124 valence electrons. The minimum Gasteiger partial charge on any atom is -0.490 e. The summed E-state index contributed by atoms with van der Waals surface area (Å²) in [7, 11) is 3.98. The fraction of sp³-hybridized carbons (Fsp3) is 0.421. The summed E-state index contributed by atoms with van der Waals surface area (Å²) in [5.41, 5.74) is 2.21. The second-order valence-corrected chi connectivity index (χ2v) is 5.86. The molecule has 0 radical (unpaired) electrons. The van der Waals surface area contributed by atoms with E-state index in [4.69, 9.17) is 4.74 Å². The summed E-state index contributed by atoms with van der Waals surface area (Å²) in [4.78, 5) is 6.43. The maximum Gasteiger partial charge on any atom is 0.127 e. The second kappa shape index (κ2) is 8.42. The van der Waals surface area contributed by atoms with Gasteiger partial charge in [-0.25, -0.2) is 4.98 Å². The van der Waals surface area contributed by atoms with Gasteiger partial charge in [0.05, 0.1) is 6.10 Å². The summed E-state index contributed by atoms with van der Waals surface area (Å²) < 4.78 is 5.99. The van der Waals surface area contributed by atoms with E-state index in [9.17, 15) is 0 Å². The molecule has 0 saturated heterocycles. The fourth-order valence-corrected chi connectivity index (χ4v) is 2.32. The van der Waals surface area contributed by atoms with Crippen molar-refractivity contribution in [1.82, 2.24) is 4.98 Å². The number of anilines is 2. The quantitative estimate of drug-likeness (QED) is 0.787. The van der Waals surface area contributed by atoms with E-state index >= 15 is 0 Å². The minimum absolute atomic E-state index is 0.285. The van der Waals surface area contributed by atoms with Crippen LogP contribution in [0.1, 0.15) is 32.3 Å². The molecule has 0 aliphatic rings. The van der Waals surface area contributed by atoms with Gasteiger partial charge in [-0.3, -0.25) is 0 Å². The summed E-state index contributed by atoms with van der Waals surface area (Å²) in [6.45, 7) is 5.05. The maximum absolute atomic E-state index is 5.99. The third kappa shape index (κ3) is 5.16. The molecule has 2 rings (SSSR count). The summed E-state index contributed by atoms with van der Waals surface area (Å²) >= 11 is 0. The number of nitrogens with zero attached hydrogens (tertiary/aromatic N) is 2. The lowest BCUT2D eigenvalue weighted by molar-refractivity contribution is 0.193. The number of pyridine rings is 1. The smallest absolute Gasteiger partial charge is 0.127 e. The van der Waals surface area contributed by atoms with Gasteiger partial charge in [0.1, 0.15) is 11.6 Å². The van der Waals surface area contributed by atoms with E-state index in [2.05, 4.69) is 42.3 Å². The summed E-state index contributed by atoms with van der Waals surface area (Å²) in [5.74, 6) is 1.89. The zero-order valence-electron chi connectivity index (χ0n) is 14.5. The lowest BCUT2D eigenvalue weighted by Crippen LogP contribution is -2.13. The van der Waals surface area contributed by atoms with Crippen LogP contribution in [0.4, 0.5) is 11.5 Å². The summed E-state index contributed by atoms with van der Waals surface area (Å²) in [6, 6.07) is 12.3. The van der Waals surface area contributed by atoms with Crippen molar-refractivity contribution in [2.75, 3.05) is 24.3 Å². The predicted molar refractivity (Wildman–Crippen MR) is 97.3 cm³/mol. The van der Waals surface area contributed by atoms with Gasteiger partial charge in [0.15, 0.2) is 0 Å². The zero-order chi connectivity index (χ0) is 16.7. The van der Waals surface area contributed by atoms with Crippen LogP contribution in [0.2, 0.25) is 0 Å². The van der Waals surface area contributed by atoms with Crippen LogP contribution in [0, 0.1) is 0 Å². The molecule has 1 N–H and O–H groups in total. The minimum atomic E-state index is 0.285. The van der Waals surface area contributed by atoms with Crippen molar-refractivity contribution in [3.05, 3.63) is 48.2 Å². The molecule has 0 fully saturated rings. The molecule has 0 aliphatic carbocycles. The van der Waals surface area contributed by atoms with Gasteiger partial charge >= 0.3 is 0 Å². The Bertz CT molecular complexity index is 592. The van der Waals surface area contributed by atoms with Crippen LogP contribution >= 0.6 is 0 Å². The van der Waals surface area contributed by atoms with Crippen molar-refractivity contribution in [2.45, 2.75) is 39.3 Å². The highest BCUT2D eigenvalue weighted by Gasteiger charge is 2.05. The molecule has 0 aliphatic heterocycles. The molecule has 4 nitrogen and oxygen atoms in total. The number of aromatic nitrogens is 1. The third-order valence-corrected chi connectivity index (χ3v) is 3.81. The van der Waals surface area contributed by atoms with E-state index in [0.717, 1.165) is 42.2 Å². The van der Waals surface area contributed by atoms with Crippen LogP contribution in [-0.2, 0) is 6.54 Å². The highest BCUT2D eigenvalue weighted by molar-refractivity contribution is 5.48. The van der Waals surface area contributed by atoms with Gasteiger partial charge in [-0.15, -0.1) is 0 Å². The summed E-state index contributed by atoms with van der Waals surface area (Å²) in [6.07, 6.45) is 4.25. The zero-order valence-corrected chi connectivity index (χ0v) is 14.5. The van der Waals surface area contributed by atoms with Crippen molar-refractivity contribution in [3.63, 3.8) is 0 Å². The largest absolute Gasteiger partial charge is 0.490 e. The number of hydrogen-bond donors (Lipinski definition) is 1. The van der Waals surface area contributed by atoms with Crippen LogP contribution in [0.5, 0.6) is 5.75 Å². The topological polar surface area (TPSA) is 37.4 Å². The lowest BCUT2D eigenvalue weighted by Gasteiger charge is -2.16. The number of rotatable bonds is 8. The predicted octanol–water partition coefficient (Wildman–Crippen LogP) is 4.33. The average Bonchev–Trinajstić information content (AvgIpc) is 2.58. The first-order valence-corrected chi connectivity index (χ1v) is 8.25. The number of nitrogens with one attached hydrogen (secondary N) is 1. The molecule has 23 heavy (non-hydrogen) atoms. The first-order chi connectivity index (χ1) is 11.1. The van der Waals surface area contributed by atoms with Crippen molar-refractivity contribution < 1.29 is 4.74 Å². The van der Waals surface area contributed by atoms with Crippen molar-refractivity contribution in [2.24, 2.45) is 0 Å². The molecule has 1 aromatic heterocycles. The SMILES string of the molecule is CCC(CC)Oc1cccc(NCc2ccc(N(C)C)nc2)c1. The van der Waals surface area contributed by atoms with Gasteiger partial charge in [0.25, 0.3) is 0 Å². The van der Waals surface area contributed by atoms with E-state index in [1.165, 1.54) is 0 Å². The summed E-state index contributed by atoms with van der Waals surface area (Å²) in [5, 5.41) is 3.43. The normalized spacial score (nSPS) is 10.7. The molecule has 0 unspecified atom stereocenters. The Morgan fingerprint density at radius 2 is 1.91 bits per heavy atom. The van der Waals surface area contributed by atoms with Crippen molar-refractivity contribution in [3.8, 4) is 5.75 Å².